The molecule has 0 aliphatic heterocycles. The summed E-state index contributed by atoms with van der Waals surface area (Å²) in [6, 6.07) is 8.89. The Hall–Kier alpha value is -1.35. The Morgan fingerprint density at radius 3 is 2.33 bits per heavy atom. The van der Waals surface area contributed by atoms with Crippen molar-refractivity contribution in [1.29, 1.82) is 0 Å². The minimum absolute atomic E-state index is 0.0514. The summed E-state index contributed by atoms with van der Waals surface area (Å²) in [5.41, 5.74) is 2.49. The molecule has 2 N–H and O–H groups in total. The fourth-order valence-electron chi connectivity index (χ4n) is 1.89. The molecule has 0 saturated carbocycles. The van der Waals surface area contributed by atoms with Crippen molar-refractivity contribution in [2.24, 2.45) is 0 Å². The van der Waals surface area contributed by atoms with Crippen molar-refractivity contribution in [2.75, 3.05) is 6.54 Å². The summed E-state index contributed by atoms with van der Waals surface area (Å²) in [6.45, 7) is 8.50. The first kappa shape index (κ1) is 14.7. The lowest BCUT2D eigenvalue weighted by molar-refractivity contribution is -0.120. The van der Waals surface area contributed by atoms with Crippen LogP contribution in [-0.2, 0) is 4.79 Å². The minimum Gasteiger partial charge on any atom is -0.353 e. The molecule has 18 heavy (non-hydrogen) atoms. The van der Waals surface area contributed by atoms with Crippen LogP contribution in [-0.4, -0.2) is 18.5 Å². The van der Waals surface area contributed by atoms with Gasteiger partial charge in [0, 0.05) is 12.1 Å². The van der Waals surface area contributed by atoms with Gasteiger partial charge in [-0.05, 0) is 32.8 Å². The molecule has 1 amide bonds. The van der Waals surface area contributed by atoms with Crippen molar-refractivity contribution < 1.29 is 4.79 Å². The van der Waals surface area contributed by atoms with E-state index in [9.17, 15) is 4.79 Å². The second-order valence-electron chi connectivity index (χ2n) is 4.97. The van der Waals surface area contributed by atoms with Gasteiger partial charge >= 0.3 is 0 Å². The largest absolute Gasteiger partial charge is 0.353 e. The summed E-state index contributed by atoms with van der Waals surface area (Å²) >= 11 is 0. The van der Waals surface area contributed by atoms with Gasteiger partial charge in [0.05, 0.1) is 6.54 Å². The monoisotopic (exact) mass is 248 g/mol. The first-order valence-electron chi connectivity index (χ1n) is 6.62. The molecular weight excluding hydrogens is 224 g/mol. The van der Waals surface area contributed by atoms with Crippen LogP contribution in [0.4, 0.5) is 0 Å². The highest BCUT2D eigenvalue weighted by Crippen LogP contribution is 2.16. The highest BCUT2D eigenvalue weighted by Gasteiger charge is 2.10. The summed E-state index contributed by atoms with van der Waals surface area (Å²) in [4.78, 5) is 11.6. The average molecular weight is 248 g/mol. The van der Waals surface area contributed by atoms with Crippen LogP contribution in [0.2, 0.25) is 0 Å². The Balaban J connectivity index is 2.52. The van der Waals surface area contributed by atoms with Gasteiger partial charge in [0.2, 0.25) is 5.91 Å². The SMILES string of the molecule is CCC(NCC(=O)NC(C)C)c1ccc(C)cc1. The van der Waals surface area contributed by atoms with Crippen molar-refractivity contribution in [1.82, 2.24) is 10.6 Å². The van der Waals surface area contributed by atoms with Crippen molar-refractivity contribution >= 4 is 5.91 Å². The number of nitrogens with one attached hydrogen (secondary N) is 2. The van der Waals surface area contributed by atoms with Crippen molar-refractivity contribution in [3.63, 3.8) is 0 Å². The Morgan fingerprint density at radius 1 is 1.22 bits per heavy atom. The summed E-state index contributed by atoms with van der Waals surface area (Å²) in [5, 5.41) is 6.18. The maximum absolute atomic E-state index is 11.6. The molecular formula is C15H24N2O. The van der Waals surface area contributed by atoms with E-state index in [1.807, 2.05) is 13.8 Å². The van der Waals surface area contributed by atoms with E-state index in [0.717, 1.165) is 6.42 Å². The quantitative estimate of drug-likeness (QED) is 0.812. The van der Waals surface area contributed by atoms with Gasteiger partial charge in [0.15, 0.2) is 0 Å². The van der Waals surface area contributed by atoms with Crippen LogP contribution in [0.15, 0.2) is 24.3 Å². The smallest absolute Gasteiger partial charge is 0.234 e. The molecule has 0 spiro atoms. The minimum atomic E-state index is 0.0514. The number of hydrogen-bond donors (Lipinski definition) is 2. The normalized spacial score (nSPS) is 12.5. The van der Waals surface area contributed by atoms with Crippen LogP contribution in [0.3, 0.4) is 0 Å². The maximum atomic E-state index is 11.6. The molecule has 1 atom stereocenters. The Kier molecular flexibility index (Phi) is 5.86. The summed E-state index contributed by atoms with van der Waals surface area (Å²) in [6.07, 6.45) is 0.970. The van der Waals surface area contributed by atoms with E-state index in [-0.39, 0.29) is 18.0 Å². The molecule has 0 aliphatic rings. The third-order valence-corrected chi connectivity index (χ3v) is 2.85. The Morgan fingerprint density at radius 2 is 1.83 bits per heavy atom. The second-order valence-corrected chi connectivity index (χ2v) is 4.97. The molecule has 1 unspecified atom stereocenters. The van der Waals surface area contributed by atoms with Gasteiger partial charge < -0.3 is 10.6 Å². The molecule has 1 rings (SSSR count). The van der Waals surface area contributed by atoms with Crippen LogP contribution in [0.25, 0.3) is 0 Å². The number of rotatable bonds is 6. The first-order chi connectivity index (χ1) is 8.52. The van der Waals surface area contributed by atoms with E-state index in [1.165, 1.54) is 11.1 Å². The van der Waals surface area contributed by atoms with Crippen LogP contribution < -0.4 is 10.6 Å². The van der Waals surface area contributed by atoms with Gasteiger partial charge in [0.25, 0.3) is 0 Å². The van der Waals surface area contributed by atoms with Gasteiger partial charge in [-0.2, -0.15) is 0 Å². The highest BCUT2D eigenvalue weighted by atomic mass is 16.1. The van der Waals surface area contributed by atoms with Crippen molar-refractivity contribution in [3.05, 3.63) is 35.4 Å². The number of aryl methyl sites for hydroxylation is 1. The number of benzene rings is 1. The van der Waals surface area contributed by atoms with E-state index in [2.05, 4.69) is 48.7 Å². The van der Waals surface area contributed by atoms with Gasteiger partial charge in [-0.3, -0.25) is 4.79 Å². The first-order valence-corrected chi connectivity index (χ1v) is 6.62. The zero-order valence-electron chi connectivity index (χ0n) is 11.8. The van der Waals surface area contributed by atoms with Gasteiger partial charge in [-0.25, -0.2) is 0 Å². The van der Waals surface area contributed by atoms with E-state index in [4.69, 9.17) is 0 Å². The third-order valence-electron chi connectivity index (χ3n) is 2.85. The molecule has 0 bridgehead atoms. The molecule has 3 heteroatoms. The zero-order valence-corrected chi connectivity index (χ0v) is 11.8. The molecule has 1 aromatic carbocycles. The lowest BCUT2D eigenvalue weighted by Crippen LogP contribution is -2.38. The predicted molar refractivity (Wildman–Crippen MR) is 75.5 cm³/mol. The lowest BCUT2D eigenvalue weighted by Gasteiger charge is -2.18. The van der Waals surface area contributed by atoms with Crippen LogP contribution in [0.5, 0.6) is 0 Å². The molecule has 0 saturated heterocycles. The highest BCUT2D eigenvalue weighted by molar-refractivity contribution is 5.78. The fraction of sp³-hybridized carbons (Fsp3) is 0.533. The van der Waals surface area contributed by atoms with Gasteiger partial charge in [-0.15, -0.1) is 0 Å². The van der Waals surface area contributed by atoms with E-state index in [1.54, 1.807) is 0 Å². The van der Waals surface area contributed by atoms with Crippen LogP contribution >= 0.6 is 0 Å². The number of carbonyl (C=O) groups excluding carboxylic acids is 1. The summed E-state index contributed by atoms with van der Waals surface area (Å²) in [5.74, 6) is 0.0514. The molecule has 0 radical (unpaired) electrons. The summed E-state index contributed by atoms with van der Waals surface area (Å²) in [7, 11) is 0. The number of hydrogen-bond acceptors (Lipinski definition) is 2. The molecule has 0 aromatic heterocycles. The van der Waals surface area contributed by atoms with Crippen LogP contribution in [0, 0.1) is 6.92 Å². The zero-order chi connectivity index (χ0) is 13.5. The maximum Gasteiger partial charge on any atom is 0.234 e. The molecule has 100 valence electrons. The third kappa shape index (κ3) is 4.88. The molecule has 0 heterocycles. The second kappa shape index (κ2) is 7.17. The average Bonchev–Trinajstić information content (AvgIpc) is 2.31. The van der Waals surface area contributed by atoms with Crippen molar-refractivity contribution in [2.45, 2.75) is 46.2 Å². The standard InChI is InChI=1S/C15H24N2O/c1-5-14(13-8-6-12(4)7-9-13)16-10-15(18)17-11(2)3/h6-9,11,14,16H,5,10H2,1-4H3,(H,17,18). The van der Waals surface area contributed by atoms with Gasteiger partial charge in [0.1, 0.15) is 0 Å². The molecule has 0 aliphatic carbocycles. The fourth-order valence-corrected chi connectivity index (χ4v) is 1.89. The predicted octanol–water partition coefficient (Wildman–Crippen LogP) is 2.56. The summed E-state index contributed by atoms with van der Waals surface area (Å²) < 4.78 is 0. The van der Waals surface area contributed by atoms with Crippen LogP contribution in [0.1, 0.15) is 44.4 Å². The van der Waals surface area contributed by atoms with E-state index >= 15 is 0 Å². The van der Waals surface area contributed by atoms with Crippen molar-refractivity contribution in [3.8, 4) is 0 Å². The Labute approximate surface area is 110 Å². The molecule has 1 aromatic rings. The lowest BCUT2D eigenvalue weighted by atomic mass is 10.0. The number of amides is 1. The van der Waals surface area contributed by atoms with E-state index in [0.29, 0.717) is 6.54 Å². The van der Waals surface area contributed by atoms with Gasteiger partial charge in [-0.1, -0.05) is 36.8 Å². The number of carbonyl (C=O) groups is 1. The van der Waals surface area contributed by atoms with E-state index < -0.39 is 0 Å². The Bertz CT molecular complexity index is 371. The molecule has 3 nitrogen and oxygen atoms in total. The topological polar surface area (TPSA) is 41.1 Å². The molecule has 0 fully saturated rings.